The zero-order chi connectivity index (χ0) is 17.2. The molecular formula is C18H21N5O2. The van der Waals surface area contributed by atoms with Crippen molar-refractivity contribution in [2.24, 2.45) is 0 Å². The second-order valence-corrected chi connectivity index (χ2v) is 6.72. The number of benzene rings is 1. The summed E-state index contributed by atoms with van der Waals surface area (Å²) in [6.45, 7) is 4.39. The Labute approximate surface area is 146 Å². The fourth-order valence-corrected chi connectivity index (χ4v) is 3.63. The van der Waals surface area contributed by atoms with E-state index in [1.54, 1.807) is 12.1 Å². The molecular weight excluding hydrogens is 318 g/mol. The van der Waals surface area contributed by atoms with E-state index in [2.05, 4.69) is 26.1 Å². The van der Waals surface area contributed by atoms with Gasteiger partial charge in [-0.25, -0.2) is 0 Å². The Morgan fingerprint density at radius 1 is 1.08 bits per heavy atom. The Kier molecular flexibility index (Phi) is 4.31. The number of fused-ring (bicyclic) bond motifs is 1. The molecule has 0 atom stereocenters. The predicted octanol–water partition coefficient (Wildman–Crippen LogP) is 2.20. The third kappa shape index (κ3) is 3.46. The highest BCUT2D eigenvalue weighted by Gasteiger charge is 2.21. The van der Waals surface area contributed by atoms with Gasteiger partial charge in [-0.1, -0.05) is 12.1 Å². The van der Waals surface area contributed by atoms with Gasteiger partial charge in [0.15, 0.2) is 5.82 Å². The molecule has 1 aromatic carbocycles. The lowest BCUT2D eigenvalue weighted by Crippen LogP contribution is -2.46. The van der Waals surface area contributed by atoms with Crippen LogP contribution in [0.15, 0.2) is 30.3 Å². The molecule has 1 aromatic heterocycles. The number of rotatable bonds is 4. The van der Waals surface area contributed by atoms with E-state index in [0.29, 0.717) is 0 Å². The summed E-state index contributed by atoms with van der Waals surface area (Å²) in [6.07, 6.45) is 3.36. The molecule has 0 bridgehead atoms. The zero-order valence-corrected chi connectivity index (χ0v) is 14.1. The van der Waals surface area contributed by atoms with E-state index in [9.17, 15) is 10.1 Å². The first-order valence-electron chi connectivity index (χ1n) is 8.75. The van der Waals surface area contributed by atoms with Crippen LogP contribution in [-0.2, 0) is 19.4 Å². The van der Waals surface area contributed by atoms with E-state index in [-0.39, 0.29) is 10.6 Å². The molecule has 0 spiro atoms. The molecule has 7 nitrogen and oxygen atoms in total. The number of non-ortho nitro benzene ring substituents is 1. The molecule has 0 unspecified atom stereocenters. The lowest BCUT2D eigenvalue weighted by atomic mass is 10.1. The van der Waals surface area contributed by atoms with Crippen molar-refractivity contribution in [1.82, 2.24) is 15.1 Å². The first-order valence-corrected chi connectivity index (χ1v) is 8.75. The van der Waals surface area contributed by atoms with E-state index >= 15 is 0 Å². The van der Waals surface area contributed by atoms with Crippen molar-refractivity contribution in [3.05, 3.63) is 57.3 Å². The summed E-state index contributed by atoms with van der Waals surface area (Å²) in [5, 5.41) is 19.7. The van der Waals surface area contributed by atoms with Crippen LogP contribution in [0.5, 0.6) is 0 Å². The van der Waals surface area contributed by atoms with Crippen LogP contribution < -0.4 is 4.90 Å². The molecule has 2 aromatic rings. The summed E-state index contributed by atoms with van der Waals surface area (Å²) in [6, 6.07) is 9.10. The van der Waals surface area contributed by atoms with E-state index in [0.717, 1.165) is 62.6 Å². The molecule has 0 radical (unpaired) electrons. The molecule has 2 heterocycles. The van der Waals surface area contributed by atoms with Gasteiger partial charge >= 0.3 is 0 Å². The summed E-state index contributed by atoms with van der Waals surface area (Å²) in [5.41, 5.74) is 3.65. The number of nitro groups is 1. The van der Waals surface area contributed by atoms with Crippen molar-refractivity contribution in [2.45, 2.75) is 25.8 Å². The van der Waals surface area contributed by atoms with E-state index in [1.807, 2.05) is 6.07 Å². The Morgan fingerprint density at radius 2 is 1.92 bits per heavy atom. The molecule has 1 aliphatic carbocycles. The van der Waals surface area contributed by atoms with Crippen molar-refractivity contribution in [3.63, 3.8) is 0 Å². The van der Waals surface area contributed by atoms with Crippen molar-refractivity contribution in [3.8, 4) is 0 Å². The maximum atomic E-state index is 10.9. The molecule has 2 aliphatic rings. The van der Waals surface area contributed by atoms with Gasteiger partial charge in [-0.15, -0.1) is 5.10 Å². The Balaban J connectivity index is 1.37. The minimum Gasteiger partial charge on any atom is -0.353 e. The second-order valence-electron chi connectivity index (χ2n) is 6.72. The predicted molar refractivity (Wildman–Crippen MR) is 94.6 cm³/mol. The number of hydrogen-bond acceptors (Lipinski definition) is 6. The van der Waals surface area contributed by atoms with Crippen LogP contribution in [0.2, 0.25) is 0 Å². The highest BCUT2D eigenvalue weighted by molar-refractivity contribution is 5.43. The van der Waals surface area contributed by atoms with Crippen molar-refractivity contribution >= 4 is 11.5 Å². The first kappa shape index (κ1) is 16.0. The number of piperazine rings is 1. The molecule has 0 saturated carbocycles. The smallest absolute Gasteiger partial charge is 0.269 e. The molecule has 0 N–H and O–H groups in total. The number of nitro benzene ring substituents is 1. The van der Waals surface area contributed by atoms with Crippen LogP contribution >= 0.6 is 0 Å². The van der Waals surface area contributed by atoms with Gasteiger partial charge in [0.25, 0.3) is 5.69 Å². The lowest BCUT2D eigenvalue weighted by Gasteiger charge is -2.35. The van der Waals surface area contributed by atoms with Crippen LogP contribution in [0.4, 0.5) is 11.5 Å². The minimum atomic E-state index is -0.339. The van der Waals surface area contributed by atoms with Crippen molar-refractivity contribution in [2.75, 3.05) is 31.1 Å². The average Bonchev–Trinajstić information content (AvgIpc) is 3.10. The van der Waals surface area contributed by atoms with Gasteiger partial charge in [0, 0.05) is 44.9 Å². The number of nitrogens with zero attached hydrogens (tertiary/aromatic N) is 5. The number of hydrogen-bond donors (Lipinski definition) is 0. The lowest BCUT2D eigenvalue weighted by molar-refractivity contribution is -0.384. The van der Waals surface area contributed by atoms with Crippen LogP contribution in [-0.4, -0.2) is 46.2 Å². The Hall–Kier alpha value is -2.54. The third-order valence-corrected chi connectivity index (χ3v) is 5.03. The van der Waals surface area contributed by atoms with Crippen LogP contribution in [0.25, 0.3) is 0 Å². The summed E-state index contributed by atoms with van der Waals surface area (Å²) in [5.74, 6) is 0.982. The SMILES string of the molecule is O=[N+]([O-])c1cccc(CN2CCN(c3cc4c(nn3)CCC4)CC2)c1. The van der Waals surface area contributed by atoms with Gasteiger partial charge in [-0.3, -0.25) is 15.0 Å². The standard InChI is InChI=1S/C18H21N5O2/c24-23(25)16-5-1-3-14(11-16)13-21-7-9-22(10-8-21)18-12-15-4-2-6-17(15)19-20-18/h1,3,5,11-12H,2,4,6-10,13H2. The Bertz CT molecular complexity index is 787. The summed E-state index contributed by atoms with van der Waals surface area (Å²) < 4.78 is 0. The number of aryl methyl sites for hydroxylation is 2. The highest BCUT2D eigenvalue weighted by atomic mass is 16.6. The number of anilines is 1. The average molecular weight is 339 g/mol. The molecule has 1 saturated heterocycles. The molecule has 0 amide bonds. The summed E-state index contributed by atoms with van der Waals surface area (Å²) >= 11 is 0. The maximum absolute atomic E-state index is 10.9. The van der Waals surface area contributed by atoms with Gasteiger partial charge in [0.1, 0.15) is 0 Å². The molecule has 130 valence electrons. The van der Waals surface area contributed by atoms with E-state index in [1.165, 1.54) is 18.1 Å². The highest BCUT2D eigenvalue weighted by Crippen LogP contribution is 2.23. The van der Waals surface area contributed by atoms with Crippen LogP contribution in [0.3, 0.4) is 0 Å². The summed E-state index contributed by atoms with van der Waals surface area (Å²) in [4.78, 5) is 15.2. The molecule has 1 aliphatic heterocycles. The maximum Gasteiger partial charge on any atom is 0.269 e. The topological polar surface area (TPSA) is 75.4 Å². The van der Waals surface area contributed by atoms with Gasteiger partial charge in [-0.05, 0) is 36.5 Å². The van der Waals surface area contributed by atoms with Crippen LogP contribution in [0, 0.1) is 10.1 Å². The zero-order valence-electron chi connectivity index (χ0n) is 14.1. The number of aromatic nitrogens is 2. The van der Waals surface area contributed by atoms with Gasteiger partial charge in [0.2, 0.25) is 0 Å². The van der Waals surface area contributed by atoms with Crippen molar-refractivity contribution < 1.29 is 4.92 Å². The molecule has 4 rings (SSSR count). The van der Waals surface area contributed by atoms with Gasteiger partial charge in [-0.2, -0.15) is 5.10 Å². The van der Waals surface area contributed by atoms with Crippen molar-refractivity contribution in [1.29, 1.82) is 0 Å². The second kappa shape index (κ2) is 6.76. The third-order valence-electron chi connectivity index (χ3n) is 5.03. The Morgan fingerprint density at radius 3 is 2.72 bits per heavy atom. The fourth-order valence-electron chi connectivity index (χ4n) is 3.63. The quantitative estimate of drug-likeness (QED) is 0.628. The van der Waals surface area contributed by atoms with E-state index < -0.39 is 0 Å². The molecule has 7 heteroatoms. The molecule has 1 fully saturated rings. The van der Waals surface area contributed by atoms with E-state index in [4.69, 9.17) is 0 Å². The monoisotopic (exact) mass is 339 g/mol. The largest absolute Gasteiger partial charge is 0.353 e. The fraction of sp³-hybridized carbons (Fsp3) is 0.444. The van der Waals surface area contributed by atoms with Gasteiger partial charge in [0.05, 0.1) is 10.6 Å². The van der Waals surface area contributed by atoms with Gasteiger partial charge < -0.3 is 4.90 Å². The normalized spacial score (nSPS) is 17.5. The molecule has 25 heavy (non-hydrogen) atoms. The first-order chi connectivity index (χ1) is 12.2. The van der Waals surface area contributed by atoms with Crippen LogP contribution in [0.1, 0.15) is 23.2 Å². The minimum absolute atomic E-state index is 0.157. The summed E-state index contributed by atoms with van der Waals surface area (Å²) in [7, 11) is 0.